The van der Waals surface area contributed by atoms with Crippen LogP contribution in [0.15, 0.2) is 18.2 Å². The van der Waals surface area contributed by atoms with Crippen LogP contribution in [0.3, 0.4) is 0 Å². The minimum atomic E-state index is 1.12. The van der Waals surface area contributed by atoms with Crippen molar-refractivity contribution in [1.82, 2.24) is 9.80 Å². The van der Waals surface area contributed by atoms with Crippen molar-refractivity contribution in [1.29, 1.82) is 0 Å². The lowest BCUT2D eigenvalue weighted by Crippen LogP contribution is -2.36. The summed E-state index contributed by atoms with van der Waals surface area (Å²) in [5.41, 5.74) is 4.61. The number of hydrogen-bond donors (Lipinski definition) is 0. The van der Waals surface area contributed by atoms with E-state index in [1.807, 2.05) is 0 Å². The van der Waals surface area contributed by atoms with Gasteiger partial charge in [-0.15, -0.1) is 0 Å². The normalized spacial score (nSPS) is 21.6. The number of benzene rings is 1. The van der Waals surface area contributed by atoms with Gasteiger partial charge in [-0.3, -0.25) is 4.90 Å². The Bertz CT molecular complexity index is 382. The number of hydrogen-bond acceptors (Lipinski definition) is 2. The summed E-state index contributed by atoms with van der Waals surface area (Å²) in [7, 11) is 2.21. The van der Waals surface area contributed by atoms with Gasteiger partial charge < -0.3 is 4.90 Å². The van der Waals surface area contributed by atoms with Crippen LogP contribution in [-0.2, 0) is 19.5 Å². The second-order valence-corrected chi connectivity index (χ2v) is 5.22. The average molecular weight is 216 g/mol. The lowest BCUT2D eigenvalue weighted by molar-refractivity contribution is 0.172. The summed E-state index contributed by atoms with van der Waals surface area (Å²) in [5, 5.41) is 0. The van der Waals surface area contributed by atoms with Gasteiger partial charge in [-0.1, -0.05) is 18.2 Å². The van der Waals surface area contributed by atoms with Crippen molar-refractivity contribution in [3.8, 4) is 0 Å². The zero-order chi connectivity index (χ0) is 11.0. The average Bonchev–Trinajstić information content (AvgIpc) is 2.23. The summed E-state index contributed by atoms with van der Waals surface area (Å²) < 4.78 is 0. The molecular weight excluding hydrogens is 196 g/mol. The highest BCUT2D eigenvalue weighted by molar-refractivity contribution is 5.33. The standard InChI is InChI=1S/C14H20N2/c1-15-8-5-13-9-12(3-4-14(13)11-15)10-16-6-2-7-16/h3-4,9H,2,5-8,10-11H2,1H3. The predicted molar refractivity (Wildman–Crippen MR) is 66.4 cm³/mol. The van der Waals surface area contributed by atoms with Gasteiger partial charge in [0.15, 0.2) is 0 Å². The molecule has 86 valence electrons. The SMILES string of the molecule is CN1CCc2cc(CN3CCC3)ccc2C1. The van der Waals surface area contributed by atoms with Crippen LogP contribution in [-0.4, -0.2) is 36.5 Å². The molecule has 0 atom stereocenters. The first-order valence-corrected chi connectivity index (χ1v) is 6.33. The predicted octanol–water partition coefficient (Wildman–Crippen LogP) is 1.88. The first-order valence-electron chi connectivity index (χ1n) is 6.33. The second kappa shape index (κ2) is 4.19. The highest BCUT2D eigenvalue weighted by Gasteiger charge is 2.16. The molecule has 3 rings (SSSR count). The van der Waals surface area contributed by atoms with Crippen molar-refractivity contribution in [3.05, 3.63) is 34.9 Å². The summed E-state index contributed by atoms with van der Waals surface area (Å²) in [4.78, 5) is 4.92. The molecule has 1 aromatic rings. The molecule has 2 nitrogen and oxygen atoms in total. The highest BCUT2D eigenvalue weighted by Crippen LogP contribution is 2.21. The van der Waals surface area contributed by atoms with Crippen molar-refractivity contribution in [2.24, 2.45) is 0 Å². The van der Waals surface area contributed by atoms with E-state index in [2.05, 4.69) is 35.0 Å². The van der Waals surface area contributed by atoms with Gasteiger partial charge in [0.05, 0.1) is 0 Å². The number of rotatable bonds is 2. The molecule has 0 amide bonds. The van der Waals surface area contributed by atoms with Crippen molar-refractivity contribution < 1.29 is 0 Å². The maximum atomic E-state index is 2.52. The molecule has 0 unspecified atom stereocenters. The van der Waals surface area contributed by atoms with Crippen LogP contribution in [0.5, 0.6) is 0 Å². The molecule has 0 radical (unpaired) electrons. The number of likely N-dealkylation sites (tertiary alicyclic amines) is 1. The highest BCUT2D eigenvalue weighted by atomic mass is 15.2. The Kier molecular flexibility index (Phi) is 2.70. The first-order chi connectivity index (χ1) is 7.81. The quantitative estimate of drug-likeness (QED) is 0.745. The van der Waals surface area contributed by atoms with Crippen molar-refractivity contribution >= 4 is 0 Å². The largest absolute Gasteiger partial charge is 0.302 e. The van der Waals surface area contributed by atoms with E-state index in [-0.39, 0.29) is 0 Å². The van der Waals surface area contributed by atoms with E-state index in [4.69, 9.17) is 0 Å². The Morgan fingerprint density at radius 3 is 2.75 bits per heavy atom. The number of fused-ring (bicyclic) bond motifs is 1. The van der Waals surface area contributed by atoms with Crippen molar-refractivity contribution in [3.63, 3.8) is 0 Å². The van der Waals surface area contributed by atoms with Gasteiger partial charge in [0.2, 0.25) is 0 Å². The molecule has 1 fully saturated rings. The minimum Gasteiger partial charge on any atom is -0.302 e. The van der Waals surface area contributed by atoms with E-state index in [0.717, 1.165) is 13.1 Å². The molecule has 2 aliphatic rings. The summed E-state index contributed by atoms with van der Waals surface area (Å²) in [5.74, 6) is 0. The van der Waals surface area contributed by atoms with Gasteiger partial charge in [0.25, 0.3) is 0 Å². The van der Waals surface area contributed by atoms with Crippen LogP contribution >= 0.6 is 0 Å². The fourth-order valence-electron chi connectivity index (χ4n) is 2.64. The summed E-state index contributed by atoms with van der Waals surface area (Å²) >= 11 is 0. The summed E-state index contributed by atoms with van der Waals surface area (Å²) in [6.07, 6.45) is 2.61. The van der Waals surface area contributed by atoms with Crippen LogP contribution in [0.2, 0.25) is 0 Å². The number of likely N-dealkylation sites (N-methyl/N-ethyl adjacent to an activating group) is 1. The molecular formula is C14H20N2. The molecule has 0 saturated carbocycles. The molecule has 1 aromatic carbocycles. The summed E-state index contributed by atoms with van der Waals surface area (Å²) in [6.45, 7) is 6.07. The van der Waals surface area contributed by atoms with E-state index >= 15 is 0 Å². The fraction of sp³-hybridized carbons (Fsp3) is 0.571. The molecule has 0 bridgehead atoms. The fourth-order valence-corrected chi connectivity index (χ4v) is 2.64. The van der Waals surface area contributed by atoms with Gasteiger partial charge in [-0.05, 0) is 49.7 Å². The second-order valence-electron chi connectivity index (χ2n) is 5.22. The van der Waals surface area contributed by atoms with E-state index in [0.29, 0.717) is 0 Å². The van der Waals surface area contributed by atoms with Gasteiger partial charge in [0, 0.05) is 19.6 Å². The third-order valence-corrected chi connectivity index (χ3v) is 3.83. The van der Waals surface area contributed by atoms with E-state index in [1.165, 1.54) is 43.6 Å². The van der Waals surface area contributed by atoms with Crippen LogP contribution in [0.25, 0.3) is 0 Å². The molecule has 0 spiro atoms. The Labute approximate surface area is 97.9 Å². The van der Waals surface area contributed by atoms with E-state index in [9.17, 15) is 0 Å². The van der Waals surface area contributed by atoms with E-state index < -0.39 is 0 Å². The van der Waals surface area contributed by atoms with Gasteiger partial charge in [-0.25, -0.2) is 0 Å². The Balaban J connectivity index is 1.76. The van der Waals surface area contributed by atoms with Crippen molar-refractivity contribution in [2.75, 3.05) is 26.7 Å². The topological polar surface area (TPSA) is 6.48 Å². The maximum absolute atomic E-state index is 2.52. The van der Waals surface area contributed by atoms with Crippen LogP contribution < -0.4 is 0 Å². The van der Waals surface area contributed by atoms with Gasteiger partial charge in [-0.2, -0.15) is 0 Å². The van der Waals surface area contributed by atoms with Crippen LogP contribution in [0.1, 0.15) is 23.1 Å². The molecule has 16 heavy (non-hydrogen) atoms. The molecule has 2 heterocycles. The Morgan fingerprint density at radius 2 is 2.00 bits per heavy atom. The van der Waals surface area contributed by atoms with Crippen molar-refractivity contribution in [2.45, 2.75) is 25.9 Å². The van der Waals surface area contributed by atoms with Gasteiger partial charge in [0.1, 0.15) is 0 Å². The lowest BCUT2D eigenvalue weighted by Gasteiger charge is -2.31. The zero-order valence-corrected chi connectivity index (χ0v) is 10.1. The third-order valence-electron chi connectivity index (χ3n) is 3.83. The zero-order valence-electron chi connectivity index (χ0n) is 10.1. The first kappa shape index (κ1) is 10.3. The molecule has 0 aromatic heterocycles. The molecule has 0 aliphatic carbocycles. The van der Waals surface area contributed by atoms with Crippen LogP contribution in [0, 0.1) is 0 Å². The molecule has 0 N–H and O–H groups in total. The maximum Gasteiger partial charge on any atom is 0.0233 e. The lowest BCUT2D eigenvalue weighted by atomic mass is 9.97. The monoisotopic (exact) mass is 216 g/mol. The van der Waals surface area contributed by atoms with Crippen LogP contribution in [0.4, 0.5) is 0 Å². The molecule has 2 aliphatic heterocycles. The minimum absolute atomic E-state index is 1.12. The third kappa shape index (κ3) is 2.00. The Morgan fingerprint density at radius 1 is 1.12 bits per heavy atom. The summed E-state index contributed by atoms with van der Waals surface area (Å²) in [6, 6.07) is 7.08. The number of nitrogens with zero attached hydrogens (tertiary/aromatic N) is 2. The smallest absolute Gasteiger partial charge is 0.0233 e. The Hall–Kier alpha value is -0.860. The molecule has 2 heteroatoms. The van der Waals surface area contributed by atoms with E-state index in [1.54, 1.807) is 5.56 Å². The van der Waals surface area contributed by atoms with Gasteiger partial charge >= 0.3 is 0 Å². The molecule has 1 saturated heterocycles.